The van der Waals surface area contributed by atoms with Crippen LogP contribution < -0.4 is 0 Å². The number of aryl methyl sites for hydroxylation is 2. The molecule has 0 fully saturated rings. The second-order valence-electron chi connectivity index (χ2n) is 3.69. The Morgan fingerprint density at radius 2 is 1.41 bits per heavy atom. The normalized spacial score (nSPS) is 10.9. The highest BCUT2D eigenvalue weighted by Crippen LogP contribution is 2.19. The molecule has 2 rings (SSSR count). The largest absolute Gasteiger partial charge is 0.329 e. The van der Waals surface area contributed by atoms with Crippen LogP contribution in [0.2, 0.25) is 0 Å². The van der Waals surface area contributed by atoms with Crippen molar-refractivity contribution < 1.29 is 0 Å². The molecule has 2 heterocycles. The Hall–Kier alpha value is -0.880. The van der Waals surface area contributed by atoms with Crippen LogP contribution in [0.5, 0.6) is 0 Å². The van der Waals surface area contributed by atoms with E-state index in [-0.39, 0.29) is 0 Å². The van der Waals surface area contributed by atoms with Gasteiger partial charge in [-0.3, -0.25) is 0 Å². The third-order valence-electron chi connectivity index (χ3n) is 2.30. The minimum absolute atomic E-state index is 1.09. The molecule has 0 saturated carbocycles. The maximum atomic E-state index is 4.28. The summed E-state index contributed by atoms with van der Waals surface area (Å²) in [5.74, 6) is 2.20. The van der Waals surface area contributed by atoms with Crippen molar-refractivity contribution in [2.75, 3.05) is 11.5 Å². The molecule has 0 aliphatic rings. The van der Waals surface area contributed by atoms with E-state index in [0.29, 0.717) is 0 Å². The van der Waals surface area contributed by atoms with Crippen molar-refractivity contribution in [1.82, 2.24) is 19.1 Å². The Labute approximate surface area is 110 Å². The molecule has 0 atom stereocenters. The van der Waals surface area contributed by atoms with Crippen LogP contribution in [0.25, 0.3) is 0 Å². The van der Waals surface area contributed by atoms with Crippen molar-refractivity contribution in [3.63, 3.8) is 0 Å². The lowest BCUT2D eigenvalue weighted by Crippen LogP contribution is -1.93. The van der Waals surface area contributed by atoms with Crippen molar-refractivity contribution in [1.29, 1.82) is 0 Å². The molecule has 0 aliphatic heterocycles. The number of hydrogen-bond acceptors (Lipinski definition) is 4. The molecule has 0 bridgehead atoms. The summed E-state index contributed by atoms with van der Waals surface area (Å²) in [6.45, 7) is 0. The topological polar surface area (TPSA) is 35.6 Å². The fourth-order valence-corrected chi connectivity index (χ4v) is 3.29. The summed E-state index contributed by atoms with van der Waals surface area (Å²) >= 11 is 3.61. The molecule has 0 spiro atoms. The van der Waals surface area contributed by atoms with E-state index < -0.39 is 0 Å². The molecule has 2 aromatic rings. The molecule has 0 aliphatic carbocycles. The predicted molar refractivity (Wildman–Crippen MR) is 72.5 cm³/mol. The molecule has 0 amide bonds. The third kappa shape index (κ3) is 3.54. The van der Waals surface area contributed by atoms with Gasteiger partial charge in [0.05, 0.1) is 0 Å². The van der Waals surface area contributed by atoms with Gasteiger partial charge in [-0.15, -0.1) is 0 Å². The van der Waals surface area contributed by atoms with Crippen LogP contribution in [-0.4, -0.2) is 30.6 Å². The molecule has 0 saturated heterocycles. The monoisotopic (exact) mass is 268 g/mol. The summed E-state index contributed by atoms with van der Waals surface area (Å²) in [6.07, 6.45) is 8.79. The first-order chi connectivity index (χ1) is 8.27. The SMILES string of the molecule is Cn1ccnc1SCCCSc1nccn1C. The van der Waals surface area contributed by atoms with Crippen LogP contribution in [0, 0.1) is 0 Å². The first kappa shape index (κ1) is 12.6. The van der Waals surface area contributed by atoms with E-state index in [9.17, 15) is 0 Å². The van der Waals surface area contributed by atoms with Gasteiger partial charge in [-0.05, 0) is 6.42 Å². The number of aromatic nitrogens is 4. The number of hydrogen-bond donors (Lipinski definition) is 0. The fourth-order valence-electron chi connectivity index (χ4n) is 1.37. The Bertz CT molecular complexity index is 421. The van der Waals surface area contributed by atoms with Crippen LogP contribution in [-0.2, 0) is 14.1 Å². The molecule has 6 heteroatoms. The van der Waals surface area contributed by atoms with Crippen LogP contribution in [0.1, 0.15) is 6.42 Å². The summed E-state index contributed by atoms with van der Waals surface area (Å²) in [6, 6.07) is 0. The lowest BCUT2D eigenvalue weighted by atomic mass is 10.6. The van der Waals surface area contributed by atoms with Crippen molar-refractivity contribution in [3.05, 3.63) is 24.8 Å². The van der Waals surface area contributed by atoms with E-state index in [4.69, 9.17) is 0 Å². The van der Waals surface area contributed by atoms with Crippen LogP contribution in [0.3, 0.4) is 0 Å². The van der Waals surface area contributed by atoms with E-state index in [1.165, 1.54) is 0 Å². The number of rotatable bonds is 6. The van der Waals surface area contributed by atoms with Gasteiger partial charge in [-0.2, -0.15) is 0 Å². The first-order valence-corrected chi connectivity index (χ1v) is 7.45. The van der Waals surface area contributed by atoms with Crippen molar-refractivity contribution in [2.24, 2.45) is 14.1 Å². The summed E-state index contributed by atoms with van der Waals surface area (Å²) in [5.41, 5.74) is 0. The van der Waals surface area contributed by atoms with Gasteiger partial charge in [0.25, 0.3) is 0 Å². The van der Waals surface area contributed by atoms with Crippen molar-refractivity contribution >= 4 is 23.5 Å². The van der Waals surface area contributed by atoms with Gasteiger partial charge in [0.15, 0.2) is 10.3 Å². The quantitative estimate of drug-likeness (QED) is 0.595. The van der Waals surface area contributed by atoms with Crippen molar-refractivity contribution in [3.8, 4) is 0 Å². The lowest BCUT2D eigenvalue weighted by Gasteiger charge is -2.02. The standard InChI is InChI=1S/C11H16N4S2/c1-14-6-4-12-10(14)16-8-3-9-17-11-13-5-7-15(11)2/h4-7H,3,8-9H2,1-2H3. The minimum atomic E-state index is 1.09. The maximum absolute atomic E-state index is 4.28. The zero-order valence-electron chi connectivity index (χ0n) is 10.0. The van der Waals surface area contributed by atoms with Crippen LogP contribution >= 0.6 is 23.5 Å². The van der Waals surface area contributed by atoms with Gasteiger partial charge >= 0.3 is 0 Å². The molecule has 17 heavy (non-hydrogen) atoms. The maximum Gasteiger partial charge on any atom is 0.167 e. The van der Waals surface area contributed by atoms with Crippen LogP contribution in [0.4, 0.5) is 0 Å². The molecular weight excluding hydrogens is 252 g/mol. The number of nitrogens with zero attached hydrogens (tertiary/aromatic N) is 4. The average Bonchev–Trinajstić information content (AvgIpc) is 2.89. The lowest BCUT2D eigenvalue weighted by molar-refractivity contribution is 0.787. The Kier molecular flexibility index (Phi) is 4.56. The van der Waals surface area contributed by atoms with E-state index >= 15 is 0 Å². The van der Waals surface area contributed by atoms with E-state index in [1.807, 2.05) is 38.9 Å². The molecular formula is C11H16N4S2. The summed E-state index contributed by atoms with van der Waals surface area (Å²) in [7, 11) is 4.05. The molecule has 2 aromatic heterocycles. The minimum Gasteiger partial charge on any atom is -0.329 e. The zero-order chi connectivity index (χ0) is 12.1. The number of thioether (sulfide) groups is 2. The molecule has 4 nitrogen and oxygen atoms in total. The highest BCUT2D eigenvalue weighted by molar-refractivity contribution is 8.00. The van der Waals surface area contributed by atoms with E-state index in [0.717, 1.165) is 28.2 Å². The van der Waals surface area contributed by atoms with Gasteiger partial charge in [0, 0.05) is 50.4 Å². The Morgan fingerprint density at radius 1 is 0.941 bits per heavy atom. The summed E-state index contributed by atoms with van der Waals surface area (Å²) < 4.78 is 4.10. The molecule has 0 radical (unpaired) electrons. The average molecular weight is 268 g/mol. The zero-order valence-corrected chi connectivity index (χ0v) is 11.7. The Morgan fingerprint density at radius 3 is 1.76 bits per heavy atom. The highest BCUT2D eigenvalue weighted by atomic mass is 32.2. The van der Waals surface area contributed by atoms with Gasteiger partial charge in [-0.25, -0.2) is 9.97 Å². The van der Waals surface area contributed by atoms with E-state index in [1.54, 1.807) is 23.5 Å². The second kappa shape index (κ2) is 6.16. The summed E-state index contributed by atoms with van der Waals surface area (Å²) in [4.78, 5) is 8.56. The fraction of sp³-hybridized carbons (Fsp3) is 0.455. The molecule has 92 valence electrons. The van der Waals surface area contributed by atoms with Crippen molar-refractivity contribution in [2.45, 2.75) is 16.7 Å². The second-order valence-corrected chi connectivity index (χ2v) is 5.82. The highest BCUT2D eigenvalue weighted by Gasteiger charge is 2.01. The van der Waals surface area contributed by atoms with E-state index in [2.05, 4.69) is 19.1 Å². The molecule has 0 unspecified atom stereocenters. The molecule has 0 aromatic carbocycles. The van der Waals surface area contributed by atoms with Gasteiger partial charge in [0.1, 0.15) is 0 Å². The first-order valence-electron chi connectivity index (χ1n) is 5.47. The van der Waals surface area contributed by atoms with Gasteiger partial charge < -0.3 is 9.13 Å². The number of imidazole rings is 2. The third-order valence-corrected chi connectivity index (χ3v) is 4.59. The molecule has 0 N–H and O–H groups in total. The predicted octanol–water partition coefficient (Wildman–Crippen LogP) is 2.43. The summed E-state index contributed by atoms with van der Waals surface area (Å²) in [5, 5.41) is 2.18. The Balaban J connectivity index is 1.64. The smallest absolute Gasteiger partial charge is 0.167 e. The van der Waals surface area contributed by atoms with Crippen LogP contribution in [0.15, 0.2) is 35.1 Å². The van der Waals surface area contributed by atoms with Gasteiger partial charge in [-0.1, -0.05) is 23.5 Å². The van der Waals surface area contributed by atoms with Gasteiger partial charge in [0.2, 0.25) is 0 Å².